The van der Waals surface area contributed by atoms with Crippen molar-refractivity contribution in [2.24, 2.45) is 4.99 Å². The lowest BCUT2D eigenvalue weighted by atomic mass is 10.1. The number of rotatable bonds is 6. The molecule has 2 N–H and O–H groups in total. The standard InChI is InChI=1S/C19H29ClN4O2/c1-3-21-18(22-12-6-8-15-7-4-5-9-17(15)20)23-16-10-13-24(14-11-16)19(25)26-2/h4-5,7,9,16H,3,6,8,10-14H2,1-2H3,(H2,21,22,23). The van der Waals surface area contributed by atoms with Crippen molar-refractivity contribution in [1.82, 2.24) is 15.5 Å². The summed E-state index contributed by atoms with van der Waals surface area (Å²) < 4.78 is 4.78. The van der Waals surface area contributed by atoms with Gasteiger partial charge in [0.15, 0.2) is 5.96 Å². The van der Waals surface area contributed by atoms with Crippen molar-refractivity contribution in [1.29, 1.82) is 0 Å². The molecule has 1 aliphatic rings. The molecule has 1 aromatic rings. The van der Waals surface area contributed by atoms with Crippen LogP contribution in [0, 0.1) is 0 Å². The number of hydrogen-bond acceptors (Lipinski definition) is 3. The number of amides is 1. The Balaban J connectivity index is 1.78. The highest BCUT2D eigenvalue weighted by atomic mass is 35.5. The van der Waals surface area contributed by atoms with Crippen LogP contribution in [0.2, 0.25) is 5.02 Å². The molecule has 26 heavy (non-hydrogen) atoms. The number of guanidine groups is 1. The normalized spacial score (nSPS) is 15.7. The van der Waals surface area contributed by atoms with E-state index >= 15 is 0 Å². The molecule has 1 saturated heterocycles. The largest absolute Gasteiger partial charge is 0.453 e. The predicted octanol–water partition coefficient (Wildman–Crippen LogP) is 3.06. The Morgan fingerprint density at radius 2 is 2.08 bits per heavy atom. The fourth-order valence-electron chi connectivity index (χ4n) is 3.01. The molecular formula is C19H29ClN4O2. The third-order valence-corrected chi connectivity index (χ3v) is 4.81. The summed E-state index contributed by atoms with van der Waals surface area (Å²) in [6.45, 7) is 5.02. The van der Waals surface area contributed by atoms with Gasteiger partial charge in [0.2, 0.25) is 0 Å². The topological polar surface area (TPSA) is 66.0 Å². The van der Waals surface area contributed by atoms with Gasteiger partial charge in [0, 0.05) is 37.2 Å². The van der Waals surface area contributed by atoms with Gasteiger partial charge in [-0.25, -0.2) is 4.79 Å². The summed E-state index contributed by atoms with van der Waals surface area (Å²) in [5.74, 6) is 0.836. The zero-order valence-electron chi connectivity index (χ0n) is 15.6. The van der Waals surface area contributed by atoms with Gasteiger partial charge < -0.3 is 20.3 Å². The van der Waals surface area contributed by atoms with Crippen LogP contribution in [0.4, 0.5) is 4.79 Å². The minimum atomic E-state index is -0.247. The third kappa shape index (κ3) is 6.41. The molecule has 2 rings (SSSR count). The lowest BCUT2D eigenvalue weighted by molar-refractivity contribution is 0.111. The fraction of sp³-hybridized carbons (Fsp3) is 0.579. The van der Waals surface area contributed by atoms with E-state index in [1.807, 2.05) is 18.2 Å². The summed E-state index contributed by atoms with van der Waals surface area (Å²) in [5.41, 5.74) is 1.16. The maximum atomic E-state index is 11.6. The van der Waals surface area contributed by atoms with Crippen LogP contribution in [0.25, 0.3) is 0 Å². The monoisotopic (exact) mass is 380 g/mol. The van der Waals surface area contributed by atoms with Crippen LogP contribution < -0.4 is 10.6 Å². The van der Waals surface area contributed by atoms with E-state index in [4.69, 9.17) is 16.3 Å². The van der Waals surface area contributed by atoms with Crippen molar-refractivity contribution >= 4 is 23.7 Å². The Kier molecular flexibility index (Phi) is 8.54. The lowest BCUT2D eigenvalue weighted by Crippen LogP contribution is -2.49. The van der Waals surface area contributed by atoms with Crippen LogP contribution in [0.5, 0.6) is 0 Å². The molecule has 1 heterocycles. The van der Waals surface area contributed by atoms with Crippen molar-refractivity contribution in [3.05, 3.63) is 34.9 Å². The highest BCUT2D eigenvalue weighted by Crippen LogP contribution is 2.16. The molecule has 1 amide bonds. The zero-order chi connectivity index (χ0) is 18.8. The number of benzene rings is 1. The first-order valence-corrected chi connectivity index (χ1v) is 9.63. The maximum absolute atomic E-state index is 11.6. The molecule has 0 aromatic heterocycles. The molecule has 0 spiro atoms. The van der Waals surface area contributed by atoms with E-state index < -0.39 is 0 Å². The van der Waals surface area contributed by atoms with E-state index in [9.17, 15) is 4.79 Å². The van der Waals surface area contributed by atoms with Gasteiger partial charge in [-0.2, -0.15) is 0 Å². The summed E-state index contributed by atoms with van der Waals surface area (Å²) in [5, 5.41) is 7.59. The number of nitrogens with zero attached hydrogens (tertiary/aromatic N) is 2. The molecule has 0 bridgehead atoms. The number of piperidine rings is 1. The average molecular weight is 381 g/mol. The molecule has 0 saturated carbocycles. The van der Waals surface area contributed by atoms with Gasteiger partial charge in [-0.15, -0.1) is 0 Å². The smallest absolute Gasteiger partial charge is 0.409 e. The van der Waals surface area contributed by atoms with E-state index in [1.165, 1.54) is 7.11 Å². The lowest BCUT2D eigenvalue weighted by Gasteiger charge is -2.32. The Hall–Kier alpha value is -1.95. The highest BCUT2D eigenvalue weighted by Gasteiger charge is 2.23. The molecule has 0 aliphatic carbocycles. The van der Waals surface area contributed by atoms with E-state index in [0.717, 1.165) is 55.3 Å². The van der Waals surface area contributed by atoms with Gasteiger partial charge in [-0.3, -0.25) is 4.99 Å². The second-order valence-electron chi connectivity index (χ2n) is 6.33. The van der Waals surface area contributed by atoms with E-state index in [-0.39, 0.29) is 6.09 Å². The van der Waals surface area contributed by atoms with Gasteiger partial charge in [-0.1, -0.05) is 29.8 Å². The van der Waals surface area contributed by atoms with Gasteiger partial charge >= 0.3 is 6.09 Å². The number of carbonyl (C=O) groups is 1. The number of halogens is 1. The van der Waals surface area contributed by atoms with Crippen LogP contribution in [-0.4, -0.2) is 56.3 Å². The summed E-state index contributed by atoms with van der Waals surface area (Å²) in [6, 6.07) is 8.26. The number of carbonyl (C=O) groups excluding carboxylic acids is 1. The number of aryl methyl sites for hydroxylation is 1. The highest BCUT2D eigenvalue weighted by molar-refractivity contribution is 6.31. The third-order valence-electron chi connectivity index (χ3n) is 4.44. The number of methoxy groups -OCH3 is 1. The average Bonchev–Trinajstić information content (AvgIpc) is 2.66. The van der Waals surface area contributed by atoms with Crippen molar-refractivity contribution < 1.29 is 9.53 Å². The fourth-order valence-corrected chi connectivity index (χ4v) is 3.24. The first-order valence-electron chi connectivity index (χ1n) is 9.25. The second kappa shape index (κ2) is 10.9. The van der Waals surface area contributed by atoms with Gasteiger partial charge in [0.05, 0.1) is 7.11 Å². The summed E-state index contributed by atoms with van der Waals surface area (Å²) in [4.78, 5) is 18.0. The van der Waals surface area contributed by atoms with E-state index in [1.54, 1.807) is 4.90 Å². The molecule has 1 aromatic carbocycles. The molecule has 0 atom stereocenters. The minimum Gasteiger partial charge on any atom is -0.453 e. The molecule has 7 heteroatoms. The predicted molar refractivity (Wildman–Crippen MR) is 106 cm³/mol. The number of hydrogen-bond donors (Lipinski definition) is 2. The van der Waals surface area contributed by atoms with E-state index in [2.05, 4.69) is 28.6 Å². The number of nitrogens with one attached hydrogen (secondary N) is 2. The van der Waals surface area contributed by atoms with Crippen molar-refractivity contribution in [2.75, 3.05) is 33.3 Å². The minimum absolute atomic E-state index is 0.247. The Morgan fingerprint density at radius 1 is 1.35 bits per heavy atom. The van der Waals surface area contributed by atoms with Crippen molar-refractivity contribution in [2.45, 2.75) is 38.6 Å². The first kappa shape index (κ1) is 20.4. The van der Waals surface area contributed by atoms with Crippen LogP contribution >= 0.6 is 11.6 Å². The number of aliphatic imine (C=N–C) groups is 1. The molecule has 6 nitrogen and oxygen atoms in total. The van der Waals surface area contributed by atoms with Crippen molar-refractivity contribution in [3.8, 4) is 0 Å². The van der Waals surface area contributed by atoms with Crippen LogP contribution in [0.1, 0.15) is 31.7 Å². The van der Waals surface area contributed by atoms with Gasteiger partial charge in [0.1, 0.15) is 0 Å². The Labute approximate surface area is 161 Å². The molecule has 1 aliphatic heterocycles. The molecule has 0 unspecified atom stereocenters. The van der Waals surface area contributed by atoms with Gasteiger partial charge in [-0.05, 0) is 44.2 Å². The number of ether oxygens (including phenoxy) is 1. The van der Waals surface area contributed by atoms with Crippen LogP contribution in [0.15, 0.2) is 29.3 Å². The molecular weight excluding hydrogens is 352 g/mol. The maximum Gasteiger partial charge on any atom is 0.409 e. The van der Waals surface area contributed by atoms with Crippen molar-refractivity contribution in [3.63, 3.8) is 0 Å². The Morgan fingerprint density at radius 3 is 2.73 bits per heavy atom. The summed E-state index contributed by atoms with van der Waals surface area (Å²) >= 11 is 6.19. The van der Waals surface area contributed by atoms with Crippen LogP contribution in [-0.2, 0) is 11.2 Å². The summed E-state index contributed by atoms with van der Waals surface area (Å²) in [7, 11) is 1.42. The Bertz CT molecular complexity index is 601. The molecule has 0 radical (unpaired) electrons. The first-order chi connectivity index (χ1) is 12.6. The van der Waals surface area contributed by atoms with Gasteiger partial charge in [0.25, 0.3) is 0 Å². The van der Waals surface area contributed by atoms with E-state index in [0.29, 0.717) is 19.1 Å². The zero-order valence-corrected chi connectivity index (χ0v) is 16.4. The second-order valence-corrected chi connectivity index (χ2v) is 6.74. The molecule has 1 fully saturated rings. The van der Waals surface area contributed by atoms with Crippen LogP contribution in [0.3, 0.4) is 0 Å². The number of likely N-dealkylation sites (tertiary alicyclic amines) is 1. The summed E-state index contributed by atoms with van der Waals surface area (Å²) in [6.07, 6.45) is 3.39. The SMILES string of the molecule is CCNC(=NCCCc1ccccc1Cl)NC1CCN(C(=O)OC)CC1. The molecule has 144 valence electrons. The quantitative estimate of drug-likeness (QED) is 0.452.